The molecule has 2 N–H and O–H groups in total. The lowest BCUT2D eigenvalue weighted by atomic mass is 10.1. The summed E-state index contributed by atoms with van der Waals surface area (Å²) >= 11 is 5.75. The van der Waals surface area contributed by atoms with E-state index < -0.39 is 20.9 Å². The minimum atomic E-state index is -3.40. The summed E-state index contributed by atoms with van der Waals surface area (Å²) in [5.41, 5.74) is 6.09. The van der Waals surface area contributed by atoms with E-state index in [9.17, 15) is 13.2 Å². The van der Waals surface area contributed by atoms with Crippen molar-refractivity contribution in [2.45, 2.75) is 12.2 Å². The van der Waals surface area contributed by atoms with Gasteiger partial charge in [-0.05, 0) is 25.1 Å². The topological polar surface area (TPSA) is 77.2 Å². The van der Waals surface area contributed by atoms with Crippen molar-refractivity contribution in [1.29, 1.82) is 0 Å². The highest BCUT2D eigenvalue weighted by molar-refractivity contribution is 7.92. The maximum Gasteiger partial charge on any atom is 0.180 e. The van der Waals surface area contributed by atoms with Crippen molar-refractivity contribution >= 4 is 32.9 Å². The van der Waals surface area contributed by atoms with E-state index in [1.807, 2.05) is 0 Å². The quantitative estimate of drug-likeness (QED) is 0.661. The van der Waals surface area contributed by atoms with E-state index in [-0.39, 0.29) is 10.6 Å². The Hall–Kier alpha value is -1.07. The number of carbonyl (C=O) groups excluding carboxylic acids is 1. The van der Waals surface area contributed by atoms with Gasteiger partial charge in [0.1, 0.15) is 5.25 Å². The zero-order valence-electron chi connectivity index (χ0n) is 8.90. The molecule has 0 fully saturated rings. The van der Waals surface area contributed by atoms with Crippen LogP contribution in [0, 0.1) is 0 Å². The molecule has 0 saturated carbocycles. The molecular formula is C10H12ClNO3S. The van der Waals surface area contributed by atoms with Crippen molar-refractivity contribution in [2.75, 3.05) is 12.0 Å². The van der Waals surface area contributed by atoms with E-state index >= 15 is 0 Å². The molecule has 4 nitrogen and oxygen atoms in total. The molecule has 1 unspecified atom stereocenters. The number of anilines is 1. The van der Waals surface area contributed by atoms with Crippen molar-refractivity contribution in [3.8, 4) is 0 Å². The molecular weight excluding hydrogens is 250 g/mol. The van der Waals surface area contributed by atoms with E-state index in [0.717, 1.165) is 6.26 Å². The fourth-order valence-corrected chi connectivity index (χ4v) is 1.82. The summed E-state index contributed by atoms with van der Waals surface area (Å²) in [6, 6.07) is 4.32. The Morgan fingerprint density at radius 3 is 2.44 bits per heavy atom. The maximum absolute atomic E-state index is 11.8. The van der Waals surface area contributed by atoms with Crippen molar-refractivity contribution < 1.29 is 13.2 Å². The summed E-state index contributed by atoms with van der Waals surface area (Å²) in [6.45, 7) is 1.35. The molecule has 0 amide bonds. The Balaban J connectivity index is 3.11. The van der Waals surface area contributed by atoms with Gasteiger partial charge in [-0.25, -0.2) is 8.42 Å². The standard InChI is InChI=1S/C10H12ClNO3S/c1-6(16(2,14)15)10(13)7-3-4-9(12)8(11)5-7/h3-6H,12H2,1-2H3. The van der Waals surface area contributed by atoms with Crippen LogP contribution < -0.4 is 5.73 Å². The third-order valence-electron chi connectivity index (χ3n) is 2.30. The molecule has 16 heavy (non-hydrogen) atoms. The lowest BCUT2D eigenvalue weighted by Crippen LogP contribution is -2.26. The molecule has 0 heterocycles. The zero-order chi connectivity index (χ0) is 12.5. The van der Waals surface area contributed by atoms with Gasteiger partial charge in [-0.2, -0.15) is 0 Å². The van der Waals surface area contributed by atoms with E-state index in [1.54, 1.807) is 0 Å². The van der Waals surface area contributed by atoms with Crippen molar-refractivity contribution in [3.05, 3.63) is 28.8 Å². The molecule has 0 aromatic heterocycles. The predicted molar refractivity (Wildman–Crippen MR) is 64.5 cm³/mol. The van der Waals surface area contributed by atoms with Crippen LogP contribution >= 0.6 is 11.6 Å². The second-order valence-electron chi connectivity index (χ2n) is 3.57. The average molecular weight is 262 g/mol. The number of carbonyl (C=O) groups is 1. The predicted octanol–water partition coefficient (Wildman–Crippen LogP) is 1.54. The monoisotopic (exact) mass is 261 g/mol. The molecule has 0 aliphatic heterocycles. The van der Waals surface area contributed by atoms with Crippen molar-refractivity contribution in [2.24, 2.45) is 0 Å². The number of sulfone groups is 1. The molecule has 0 aliphatic carbocycles. The van der Waals surface area contributed by atoms with Crippen LogP contribution in [0.4, 0.5) is 5.69 Å². The highest BCUT2D eigenvalue weighted by atomic mass is 35.5. The Morgan fingerprint density at radius 2 is 2.00 bits per heavy atom. The molecule has 0 saturated heterocycles. The van der Waals surface area contributed by atoms with Gasteiger partial charge < -0.3 is 5.73 Å². The number of Topliss-reactive ketones (excluding diaryl/α,β-unsaturated/α-hetero) is 1. The molecule has 88 valence electrons. The SMILES string of the molecule is CC(C(=O)c1ccc(N)c(Cl)c1)S(C)(=O)=O. The van der Waals surface area contributed by atoms with Crippen LogP contribution in [0.1, 0.15) is 17.3 Å². The molecule has 1 aromatic carbocycles. The van der Waals surface area contributed by atoms with Gasteiger partial charge in [0.05, 0.1) is 10.7 Å². The van der Waals surface area contributed by atoms with Crippen LogP contribution in [0.2, 0.25) is 5.02 Å². The Kier molecular flexibility index (Phi) is 3.60. The Bertz CT molecular complexity index is 525. The first-order valence-electron chi connectivity index (χ1n) is 4.51. The van der Waals surface area contributed by atoms with Crippen LogP contribution in [0.15, 0.2) is 18.2 Å². The van der Waals surface area contributed by atoms with E-state index in [1.165, 1.54) is 25.1 Å². The first-order chi connectivity index (χ1) is 7.23. The highest BCUT2D eigenvalue weighted by Crippen LogP contribution is 2.21. The molecule has 1 aromatic rings. The molecule has 0 radical (unpaired) electrons. The van der Waals surface area contributed by atoms with Gasteiger partial charge in [0.2, 0.25) is 0 Å². The minimum Gasteiger partial charge on any atom is -0.398 e. The van der Waals surface area contributed by atoms with Gasteiger partial charge in [0, 0.05) is 11.8 Å². The summed E-state index contributed by atoms with van der Waals surface area (Å²) < 4.78 is 22.4. The van der Waals surface area contributed by atoms with Gasteiger partial charge >= 0.3 is 0 Å². The number of hydrogen-bond acceptors (Lipinski definition) is 4. The van der Waals surface area contributed by atoms with E-state index in [0.29, 0.717) is 5.69 Å². The Morgan fingerprint density at radius 1 is 1.44 bits per heavy atom. The van der Waals surface area contributed by atoms with Crippen molar-refractivity contribution in [1.82, 2.24) is 0 Å². The van der Waals surface area contributed by atoms with Crippen LogP contribution in [0.5, 0.6) is 0 Å². The van der Waals surface area contributed by atoms with Crippen LogP contribution in [0.25, 0.3) is 0 Å². The molecule has 0 spiro atoms. The third kappa shape index (κ3) is 2.74. The average Bonchev–Trinajstić information content (AvgIpc) is 2.18. The summed E-state index contributed by atoms with van der Waals surface area (Å²) in [7, 11) is -3.40. The number of ketones is 1. The maximum atomic E-state index is 11.8. The fraction of sp³-hybridized carbons (Fsp3) is 0.300. The summed E-state index contributed by atoms with van der Waals surface area (Å²) in [5.74, 6) is -0.482. The number of rotatable bonds is 3. The first-order valence-corrected chi connectivity index (χ1v) is 6.85. The lowest BCUT2D eigenvalue weighted by Gasteiger charge is -2.09. The number of benzene rings is 1. The normalized spacial score (nSPS) is 13.4. The first kappa shape index (κ1) is 13.0. The molecule has 1 rings (SSSR count). The van der Waals surface area contributed by atoms with Gasteiger partial charge in [-0.15, -0.1) is 0 Å². The summed E-state index contributed by atoms with van der Waals surface area (Å²) in [5, 5.41) is -0.834. The molecule has 6 heteroatoms. The van der Waals surface area contributed by atoms with Gasteiger partial charge in [-0.1, -0.05) is 11.6 Å². The van der Waals surface area contributed by atoms with Crippen LogP contribution in [-0.4, -0.2) is 25.7 Å². The summed E-state index contributed by atoms with van der Waals surface area (Å²) in [6.07, 6.45) is 1.02. The molecule has 0 aliphatic rings. The van der Waals surface area contributed by atoms with E-state index in [4.69, 9.17) is 17.3 Å². The van der Waals surface area contributed by atoms with Crippen LogP contribution in [0.3, 0.4) is 0 Å². The number of nitrogens with two attached hydrogens (primary N) is 1. The number of halogens is 1. The molecule has 1 atom stereocenters. The smallest absolute Gasteiger partial charge is 0.180 e. The fourth-order valence-electron chi connectivity index (χ4n) is 1.11. The van der Waals surface area contributed by atoms with Gasteiger partial charge in [0.15, 0.2) is 15.6 Å². The zero-order valence-corrected chi connectivity index (χ0v) is 10.5. The summed E-state index contributed by atoms with van der Waals surface area (Å²) in [4.78, 5) is 11.8. The molecule has 0 bridgehead atoms. The second kappa shape index (κ2) is 4.43. The highest BCUT2D eigenvalue weighted by Gasteiger charge is 2.24. The number of hydrogen-bond donors (Lipinski definition) is 1. The number of nitrogen functional groups attached to an aromatic ring is 1. The largest absolute Gasteiger partial charge is 0.398 e. The van der Waals surface area contributed by atoms with Crippen molar-refractivity contribution in [3.63, 3.8) is 0 Å². The van der Waals surface area contributed by atoms with Gasteiger partial charge in [-0.3, -0.25) is 4.79 Å². The van der Waals surface area contributed by atoms with E-state index in [2.05, 4.69) is 0 Å². The Labute approximate surface area is 99.3 Å². The van der Waals surface area contributed by atoms with Gasteiger partial charge in [0.25, 0.3) is 0 Å². The third-order valence-corrected chi connectivity index (χ3v) is 4.12. The minimum absolute atomic E-state index is 0.242. The van der Waals surface area contributed by atoms with Crippen LogP contribution in [-0.2, 0) is 9.84 Å². The lowest BCUT2D eigenvalue weighted by molar-refractivity contribution is 0.0991. The second-order valence-corrected chi connectivity index (χ2v) is 6.35.